The number of benzene rings is 1. The van der Waals surface area contributed by atoms with Gasteiger partial charge in [-0.3, -0.25) is 5.10 Å². The highest BCUT2D eigenvalue weighted by Crippen LogP contribution is 2.24. The number of aromatic nitrogens is 2. The second-order valence-electron chi connectivity index (χ2n) is 3.84. The van der Waals surface area contributed by atoms with Crippen molar-refractivity contribution >= 4 is 30.0 Å². The molecule has 4 nitrogen and oxygen atoms in total. The summed E-state index contributed by atoms with van der Waals surface area (Å²) in [6.45, 7) is 0. The molecule has 0 aliphatic heterocycles. The number of aromatic amines is 1. The molecule has 0 fully saturated rings. The molecule has 0 atom stereocenters. The van der Waals surface area contributed by atoms with Gasteiger partial charge < -0.3 is 5.11 Å². The first-order chi connectivity index (χ1) is 8.58. The van der Waals surface area contributed by atoms with Crippen LogP contribution in [0.5, 0.6) is 0 Å². The Bertz CT molecular complexity index is 573. The molecule has 2 N–H and O–H groups in total. The van der Waals surface area contributed by atoms with Gasteiger partial charge in [-0.2, -0.15) is 5.10 Å². The van der Waals surface area contributed by atoms with E-state index in [2.05, 4.69) is 10.2 Å². The predicted octanol–water partition coefficient (Wildman–Crippen LogP) is 3.11. The fourth-order valence-corrected chi connectivity index (χ4v) is 1.96. The molecular formula is C12H11Cl2FN2O2. The van der Waals surface area contributed by atoms with E-state index < -0.39 is 11.8 Å². The molecule has 102 valence electrons. The average molecular weight is 305 g/mol. The third-order valence-electron chi connectivity index (χ3n) is 2.58. The number of aromatic carboxylic acids is 1. The molecule has 2 aromatic rings. The second-order valence-corrected chi connectivity index (χ2v) is 4.22. The fourth-order valence-electron chi connectivity index (χ4n) is 1.68. The van der Waals surface area contributed by atoms with Gasteiger partial charge in [-0.05, 0) is 36.1 Å². The van der Waals surface area contributed by atoms with E-state index in [1.54, 1.807) is 12.4 Å². The van der Waals surface area contributed by atoms with Crippen molar-refractivity contribution in [1.82, 2.24) is 10.2 Å². The summed E-state index contributed by atoms with van der Waals surface area (Å²) in [4.78, 5) is 10.9. The molecule has 0 bridgehead atoms. The summed E-state index contributed by atoms with van der Waals surface area (Å²) in [6, 6.07) is 2.18. The molecule has 0 aliphatic carbocycles. The first-order valence-electron chi connectivity index (χ1n) is 5.27. The van der Waals surface area contributed by atoms with E-state index in [-0.39, 0.29) is 23.0 Å². The standard InChI is InChI=1S/C12H10ClFN2O2.ClH/c13-11-8(2-1-7-5-15-16-6-7)3-9(14)4-10(11)12(17)18;/h3-6H,1-2H2,(H,15,16)(H,17,18);1H. The van der Waals surface area contributed by atoms with Crippen molar-refractivity contribution in [1.29, 1.82) is 0 Å². The third-order valence-corrected chi connectivity index (χ3v) is 3.03. The zero-order valence-corrected chi connectivity index (χ0v) is 11.3. The molecule has 19 heavy (non-hydrogen) atoms. The summed E-state index contributed by atoms with van der Waals surface area (Å²) in [5, 5.41) is 15.5. The highest BCUT2D eigenvalue weighted by atomic mass is 35.5. The van der Waals surface area contributed by atoms with Crippen molar-refractivity contribution in [3.63, 3.8) is 0 Å². The number of nitrogens with one attached hydrogen (secondary N) is 1. The van der Waals surface area contributed by atoms with Gasteiger partial charge in [-0.15, -0.1) is 12.4 Å². The first-order valence-corrected chi connectivity index (χ1v) is 5.64. The first kappa shape index (κ1) is 15.5. The van der Waals surface area contributed by atoms with Crippen LogP contribution in [0.25, 0.3) is 0 Å². The monoisotopic (exact) mass is 304 g/mol. The molecule has 0 saturated carbocycles. The Morgan fingerprint density at radius 2 is 2.16 bits per heavy atom. The molecule has 0 unspecified atom stereocenters. The maximum Gasteiger partial charge on any atom is 0.337 e. The normalized spacial score (nSPS) is 10.0. The van der Waals surface area contributed by atoms with Crippen LogP contribution in [-0.4, -0.2) is 21.3 Å². The summed E-state index contributed by atoms with van der Waals surface area (Å²) >= 11 is 5.94. The number of hydrogen-bond acceptors (Lipinski definition) is 2. The highest BCUT2D eigenvalue weighted by molar-refractivity contribution is 6.34. The number of halogens is 3. The van der Waals surface area contributed by atoms with E-state index in [1.807, 2.05) is 0 Å². The Hall–Kier alpha value is -1.59. The Kier molecular flexibility index (Phi) is 5.32. The number of carboxylic acid groups (broad SMARTS) is 1. The fraction of sp³-hybridized carbons (Fsp3) is 0.167. The number of H-pyrrole nitrogens is 1. The number of carbonyl (C=O) groups is 1. The van der Waals surface area contributed by atoms with Crippen LogP contribution in [0.15, 0.2) is 24.5 Å². The highest BCUT2D eigenvalue weighted by Gasteiger charge is 2.14. The van der Waals surface area contributed by atoms with E-state index >= 15 is 0 Å². The Balaban J connectivity index is 0.00000180. The summed E-state index contributed by atoms with van der Waals surface area (Å²) in [7, 11) is 0. The van der Waals surface area contributed by atoms with Crippen molar-refractivity contribution in [2.24, 2.45) is 0 Å². The predicted molar refractivity (Wildman–Crippen MR) is 71.6 cm³/mol. The lowest BCUT2D eigenvalue weighted by molar-refractivity contribution is 0.0696. The van der Waals surface area contributed by atoms with Crippen LogP contribution in [-0.2, 0) is 12.8 Å². The second kappa shape index (κ2) is 6.54. The molecule has 1 aromatic carbocycles. The minimum Gasteiger partial charge on any atom is -0.478 e. The van der Waals surface area contributed by atoms with Crippen molar-refractivity contribution < 1.29 is 14.3 Å². The number of aryl methyl sites for hydroxylation is 2. The van der Waals surface area contributed by atoms with E-state index in [9.17, 15) is 9.18 Å². The molecule has 7 heteroatoms. The van der Waals surface area contributed by atoms with E-state index in [1.165, 1.54) is 6.07 Å². The van der Waals surface area contributed by atoms with Crippen molar-refractivity contribution in [3.8, 4) is 0 Å². The van der Waals surface area contributed by atoms with Gasteiger partial charge in [-0.1, -0.05) is 11.6 Å². The van der Waals surface area contributed by atoms with Crippen LogP contribution in [0, 0.1) is 5.82 Å². The van der Waals surface area contributed by atoms with Crippen LogP contribution in [0.3, 0.4) is 0 Å². The average Bonchev–Trinajstić information content (AvgIpc) is 2.82. The van der Waals surface area contributed by atoms with Gasteiger partial charge in [0.05, 0.1) is 16.8 Å². The zero-order chi connectivity index (χ0) is 13.1. The van der Waals surface area contributed by atoms with Gasteiger partial charge in [-0.25, -0.2) is 9.18 Å². The molecule has 1 aromatic heterocycles. The molecular weight excluding hydrogens is 294 g/mol. The molecule has 0 saturated heterocycles. The smallest absolute Gasteiger partial charge is 0.337 e. The number of carboxylic acids is 1. The van der Waals surface area contributed by atoms with Gasteiger partial charge in [0.1, 0.15) is 5.82 Å². The van der Waals surface area contributed by atoms with E-state index in [0.717, 1.165) is 11.6 Å². The summed E-state index contributed by atoms with van der Waals surface area (Å²) in [5.74, 6) is -1.83. The number of nitrogens with zero attached hydrogens (tertiary/aromatic N) is 1. The van der Waals surface area contributed by atoms with E-state index in [0.29, 0.717) is 18.4 Å². The maximum absolute atomic E-state index is 13.3. The minimum atomic E-state index is -1.23. The molecule has 2 rings (SSSR count). The number of hydrogen-bond donors (Lipinski definition) is 2. The molecule has 1 heterocycles. The van der Waals surface area contributed by atoms with Gasteiger partial charge in [0, 0.05) is 6.20 Å². The van der Waals surface area contributed by atoms with Gasteiger partial charge in [0.25, 0.3) is 0 Å². The van der Waals surface area contributed by atoms with Crippen LogP contribution < -0.4 is 0 Å². The Morgan fingerprint density at radius 1 is 1.42 bits per heavy atom. The van der Waals surface area contributed by atoms with Crippen LogP contribution in [0.1, 0.15) is 21.5 Å². The van der Waals surface area contributed by atoms with Gasteiger partial charge in [0.2, 0.25) is 0 Å². The van der Waals surface area contributed by atoms with Crippen molar-refractivity contribution in [2.45, 2.75) is 12.8 Å². The maximum atomic E-state index is 13.3. The topological polar surface area (TPSA) is 66.0 Å². The van der Waals surface area contributed by atoms with Crippen LogP contribution >= 0.6 is 24.0 Å². The van der Waals surface area contributed by atoms with E-state index in [4.69, 9.17) is 16.7 Å². The summed E-state index contributed by atoms with van der Waals surface area (Å²) in [6.07, 6.45) is 4.45. The molecule has 0 aliphatic rings. The lowest BCUT2D eigenvalue weighted by atomic mass is 10.0. The van der Waals surface area contributed by atoms with Crippen molar-refractivity contribution in [3.05, 3.63) is 52.1 Å². The number of rotatable bonds is 4. The SMILES string of the molecule is Cl.O=C(O)c1cc(F)cc(CCc2cn[nH]c2)c1Cl. The summed E-state index contributed by atoms with van der Waals surface area (Å²) < 4.78 is 13.3. The lowest BCUT2D eigenvalue weighted by Gasteiger charge is -2.07. The zero-order valence-electron chi connectivity index (χ0n) is 9.69. The van der Waals surface area contributed by atoms with Crippen molar-refractivity contribution in [2.75, 3.05) is 0 Å². The van der Waals surface area contributed by atoms with Crippen LogP contribution in [0.2, 0.25) is 5.02 Å². The van der Waals surface area contributed by atoms with Crippen LogP contribution in [0.4, 0.5) is 4.39 Å². The molecule has 0 radical (unpaired) electrons. The summed E-state index contributed by atoms with van der Waals surface area (Å²) in [5.41, 5.74) is 1.22. The lowest BCUT2D eigenvalue weighted by Crippen LogP contribution is -2.02. The Labute approximate surface area is 120 Å². The largest absolute Gasteiger partial charge is 0.478 e. The van der Waals surface area contributed by atoms with Gasteiger partial charge in [0.15, 0.2) is 0 Å². The van der Waals surface area contributed by atoms with Gasteiger partial charge >= 0.3 is 5.97 Å². The Morgan fingerprint density at radius 3 is 2.74 bits per heavy atom. The quantitative estimate of drug-likeness (QED) is 0.912. The molecule has 0 amide bonds. The minimum absolute atomic E-state index is 0. The third kappa shape index (κ3) is 3.68. The molecule has 0 spiro atoms.